The van der Waals surface area contributed by atoms with Crippen LogP contribution >= 0.6 is 0 Å². The van der Waals surface area contributed by atoms with Crippen LogP contribution in [0.15, 0.2) is 18.3 Å². The van der Waals surface area contributed by atoms with Crippen molar-refractivity contribution in [3.8, 4) is 0 Å². The number of pyridine rings is 1. The number of ether oxygens (including phenoxy) is 1. The number of rotatable bonds is 6. The zero-order valence-corrected chi connectivity index (χ0v) is 10.3. The summed E-state index contributed by atoms with van der Waals surface area (Å²) in [4.78, 5) is 6.56. The zero-order valence-electron chi connectivity index (χ0n) is 10.3. The molecule has 4 nitrogen and oxygen atoms in total. The molecular weight excluding hydrogens is 202 g/mol. The number of anilines is 1. The van der Waals surface area contributed by atoms with Crippen molar-refractivity contribution < 1.29 is 4.74 Å². The highest BCUT2D eigenvalue weighted by molar-refractivity contribution is 5.45. The lowest BCUT2D eigenvalue weighted by Gasteiger charge is -2.29. The summed E-state index contributed by atoms with van der Waals surface area (Å²) in [5, 5.41) is 0. The van der Waals surface area contributed by atoms with Crippen LogP contribution in [0.25, 0.3) is 0 Å². The molecule has 0 saturated heterocycles. The zero-order chi connectivity index (χ0) is 12.0. The first-order chi connectivity index (χ1) is 7.72. The predicted molar refractivity (Wildman–Crippen MR) is 66.5 cm³/mol. The molecule has 0 aliphatic heterocycles. The molecule has 0 aliphatic rings. The Morgan fingerprint density at radius 2 is 2.25 bits per heavy atom. The molecule has 0 aromatic carbocycles. The predicted octanol–water partition coefficient (Wildman–Crippen LogP) is 1.40. The highest BCUT2D eigenvalue weighted by Crippen LogP contribution is 2.16. The second-order valence-electron chi connectivity index (χ2n) is 3.80. The lowest BCUT2D eigenvalue weighted by molar-refractivity contribution is 0.182. The van der Waals surface area contributed by atoms with Crippen LogP contribution < -0.4 is 10.6 Å². The first kappa shape index (κ1) is 12.9. The van der Waals surface area contributed by atoms with E-state index in [1.807, 2.05) is 12.3 Å². The molecule has 0 fully saturated rings. The van der Waals surface area contributed by atoms with Gasteiger partial charge < -0.3 is 15.4 Å². The molecule has 1 aromatic heterocycles. The average Bonchev–Trinajstić information content (AvgIpc) is 2.31. The number of hydrogen-bond acceptors (Lipinski definition) is 4. The Labute approximate surface area is 97.4 Å². The third-order valence-electron chi connectivity index (χ3n) is 2.63. The Bertz CT molecular complexity index is 300. The fourth-order valence-corrected chi connectivity index (χ4v) is 1.79. The molecule has 0 spiro atoms. The molecule has 1 aromatic rings. The highest BCUT2D eigenvalue weighted by Gasteiger charge is 2.12. The molecule has 0 amide bonds. The number of nitrogens with zero attached hydrogens (tertiary/aromatic N) is 2. The summed E-state index contributed by atoms with van der Waals surface area (Å²) in [5.41, 5.74) is 7.55. The monoisotopic (exact) mass is 223 g/mol. The van der Waals surface area contributed by atoms with Crippen LogP contribution in [0.1, 0.15) is 19.5 Å². The second-order valence-corrected chi connectivity index (χ2v) is 3.80. The van der Waals surface area contributed by atoms with E-state index in [2.05, 4.69) is 29.8 Å². The molecule has 0 radical (unpaired) electrons. The van der Waals surface area contributed by atoms with Crippen molar-refractivity contribution in [3.05, 3.63) is 24.0 Å². The van der Waals surface area contributed by atoms with E-state index in [0.29, 0.717) is 19.2 Å². The van der Waals surface area contributed by atoms with E-state index < -0.39 is 0 Å². The van der Waals surface area contributed by atoms with E-state index in [9.17, 15) is 0 Å². The molecule has 90 valence electrons. The van der Waals surface area contributed by atoms with Gasteiger partial charge in [0.2, 0.25) is 0 Å². The Balaban J connectivity index is 2.78. The minimum atomic E-state index is 0.348. The summed E-state index contributed by atoms with van der Waals surface area (Å²) in [6, 6.07) is 4.38. The van der Waals surface area contributed by atoms with Crippen LogP contribution in [-0.4, -0.2) is 31.3 Å². The van der Waals surface area contributed by atoms with E-state index >= 15 is 0 Å². The van der Waals surface area contributed by atoms with Gasteiger partial charge in [-0.05, 0) is 26.0 Å². The third-order valence-corrected chi connectivity index (χ3v) is 2.63. The lowest BCUT2D eigenvalue weighted by atomic mass is 10.2. The van der Waals surface area contributed by atoms with Crippen molar-refractivity contribution in [2.45, 2.75) is 26.4 Å². The highest BCUT2D eigenvalue weighted by atomic mass is 16.5. The molecule has 16 heavy (non-hydrogen) atoms. The number of aromatic nitrogens is 1. The van der Waals surface area contributed by atoms with Gasteiger partial charge in [0.05, 0.1) is 24.2 Å². The summed E-state index contributed by atoms with van der Waals surface area (Å²) < 4.78 is 5.17. The van der Waals surface area contributed by atoms with Crippen molar-refractivity contribution in [1.82, 2.24) is 4.98 Å². The average molecular weight is 223 g/mol. The number of methoxy groups -OCH3 is 1. The van der Waals surface area contributed by atoms with Gasteiger partial charge in [0.1, 0.15) is 0 Å². The third kappa shape index (κ3) is 3.18. The molecule has 1 heterocycles. The molecule has 1 rings (SSSR count). The van der Waals surface area contributed by atoms with Crippen LogP contribution in [0.3, 0.4) is 0 Å². The Hall–Kier alpha value is -1.13. The van der Waals surface area contributed by atoms with Crippen molar-refractivity contribution in [3.63, 3.8) is 0 Å². The van der Waals surface area contributed by atoms with Crippen LogP contribution in [0, 0.1) is 0 Å². The maximum atomic E-state index is 5.52. The normalized spacial score (nSPS) is 12.5. The SMILES string of the molecule is CCN(c1ccc(CN)nc1)C(C)COC. The van der Waals surface area contributed by atoms with Crippen molar-refractivity contribution >= 4 is 5.69 Å². The summed E-state index contributed by atoms with van der Waals surface area (Å²) in [6.45, 7) is 6.41. The number of hydrogen-bond donors (Lipinski definition) is 1. The van der Waals surface area contributed by atoms with E-state index in [-0.39, 0.29) is 0 Å². The quantitative estimate of drug-likeness (QED) is 0.792. The fraction of sp³-hybridized carbons (Fsp3) is 0.583. The Morgan fingerprint density at radius 3 is 2.69 bits per heavy atom. The molecular formula is C12H21N3O. The van der Waals surface area contributed by atoms with Gasteiger partial charge in [-0.15, -0.1) is 0 Å². The van der Waals surface area contributed by atoms with Crippen LogP contribution in [0.2, 0.25) is 0 Å². The van der Waals surface area contributed by atoms with Gasteiger partial charge in [-0.25, -0.2) is 0 Å². The van der Waals surface area contributed by atoms with Crippen LogP contribution in [0.4, 0.5) is 5.69 Å². The molecule has 1 unspecified atom stereocenters. The van der Waals surface area contributed by atoms with E-state index in [0.717, 1.165) is 17.9 Å². The molecule has 0 saturated carbocycles. The van der Waals surface area contributed by atoms with Crippen molar-refractivity contribution in [2.24, 2.45) is 5.73 Å². The van der Waals surface area contributed by atoms with E-state index in [1.54, 1.807) is 7.11 Å². The van der Waals surface area contributed by atoms with Gasteiger partial charge in [-0.1, -0.05) is 0 Å². The second kappa shape index (κ2) is 6.45. The van der Waals surface area contributed by atoms with Crippen molar-refractivity contribution in [2.75, 3.05) is 25.2 Å². The minimum Gasteiger partial charge on any atom is -0.383 e. The fourth-order valence-electron chi connectivity index (χ4n) is 1.79. The Kier molecular flexibility index (Phi) is 5.22. The standard InChI is InChI=1S/C12H21N3O/c1-4-15(10(2)9-16-3)12-6-5-11(7-13)14-8-12/h5-6,8,10H,4,7,9,13H2,1-3H3. The summed E-state index contributed by atoms with van der Waals surface area (Å²) >= 11 is 0. The molecule has 2 N–H and O–H groups in total. The largest absolute Gasteiger partial charge is 0.383 e. The maximum Gasteiger partial charge on any atom is 0.0663 e. The summed E-state index contributed by atoms with van der Waals surface area (Å²) in [6.07, 6.45) is 1.87. The molecule has 4 heteroatoms. The maximum absolute atomic E-state index is 5.52. The van der Waals surface area contributed by atoms with E-state index in [4.69, 9.17) is 10.5 Å². The molecule has 1 atom stereocenters. The smallest absolute Gasteiger partial charge is 0.0663 e. The van der Waals surface area contributed by atoms with Crippen LogP contribution in [-0.2, 0) is 11.3 Å². The van der Waals surface area contributed by atoms with Gasteiger partial charge in [-0.3, -0.25) is 4.98 Å². The van der Waals surface area contributed by atoms with Crippen molar-refractivity contribution in [1.29, 1.82) is 0 Å². The summed E-state index contributed by atoms with van der Waals surface area (Å²) in [7, 11) is 1.72. The molecule has 0 bridgehead atoms. The Morgan fingerprint density at radius 1 is 1.50 bits per heavy atom. The number of nitrogens with two attached hydrogens (primary N) is 1. The van der Waals surface area contributed by atoms with Gasteiger partial charge >= 0.3 is 0 Å². The molecule has 0 aliphatic carbocycles. The van der Waals surface area contributed by atoms with Gasteiger partial charge in [0.25, 0.3) is 0 Å². The minimum absolute atomic E-state index is 0.348. The van der Waals surface area contributed by atoms with E-state index in [1.165, 1.54) is 0 Å². The topological polar surface area (TPSA) is 51.4 Å². The van der Waals surface area contributed by atoms with Gasteiger partial charge in [0.15, 0.2) is 0 Å². The van der Waals surface area contributed by atoms with Crippen LogP contribution in [0.5, 0.6) is 0 Å². The first-order valence-electron chi connectivity index (χ1n) is 5.63. The van der Waals surface area contributed by atoms with Gasteiger partial charge in [0, 0.05) is 26.2 Å². The lowest BCUT2D eigenvalue weighted by Crippen LogP contribution is -2.36. The summed E-state index contributed by atoms with van der Waals surface area (Å²) in [5.74, 6) is 0. The number of likely N-dealkylation sites (N-methyl/N-ethyl adjacent to an activating group) is 1. The first-order valence-corrected chi connectivity index (χ1v) is 5.63. The van der Waals surface area contributed by atoms with Gasteiger partial charge in [-0.2, -0.15) is 0 Å².